The molecule has 2 heteroatoms. The van der Waals surface area contributed by atoms with Crippen LogP contribution in [-0.4, -0.2) is 12.1 Å². The Labute approximate surface area is 94.4 Å². The van der Waals surface area contributed by atoms with Gasteiger partial charge in [-0.25, -0.2) is 0 Å². The van der Waals surface area contributed by atoms with E-state index in [1.807, 2.05) is 6.92 Å². The molecule has 0 aliphatic rings. The van der Waals surface area contributed by atoms with E-state index in [4.69, 9.17) is 4.74 Å². The molecule has 0 radical (unpaired) electrons. The number of carbonyl (C=O) groups excluding carboxylic acids is 1. The van der Waals surface area contributed by atoms with Gasteiger partial charge < -0.3 is 4.74 Å². The number of hydrogen-bond donors (Lipinski definition) is 0. The van der Waals surface area contributed by atoms with Crippen LogP contribution in [0.4, 0.5) is 0 Å². The van der Waals surface area contributed by atoms with Crippen LogP contribution in [0.2, 0.25) is 0 Å². The second-order valence-corrected chi connectivity index (χ2v) is 4.12. The molecule has 0 aliphatic heterocycles. The van der Waals surface area contributed by atoms with Crippen molar-refractivity contribution < 1.29 is 9.53 Å². The molecule has 90 valence electrons. The zero-order chi connectivity index (χ0) is 11.5. The van der Waals surface area contributed by atoms with Gasteiger partial charge in [0.2, 0.25) is 0 Å². The van der Waals surface area contributed by atoms with Gasteiger partial charge in [0.15, 0.2) is 0 Å². The first-order valence-electron chi connectivity index (χ1n) is 6.44. The highest BCUT2D eigenvalue weighted by Gasteiger charge is 2.10. The van der Waals surface area contributed by atoms with Gasteiger partial charge in [-0.3, -0.25) is 4.79 Å². The lowest BCUT2D eigenvalue weighted by molar-refractivity contribution is -0.149. The van der Waals surface area contributed by atoms with E-state index in [1.165, 1.54) is 25.7 Å². The summed E-state index contributed by atoms with van der Waals surface area (Å²) in [4.78, 5) is 11.3. The summed E-state index contributed by atoms with van der Waals surface area (Å²) in [7, 11) is 0. The minimum absolute atomic E-state index is 0.0279. The van der Waals surface area contributed by atoms with Gasteiger partial charge in [0.25, 0.3) is 0 Å². The lowest BCUT2D eigenvalue weighted by Crippen LogP contribution is -2.17. The Morgan fingerprint density at radius 1 is 1.07 bits per heavy atom. The third kappa shape index (κ3) is 8.46. The number of hydrogen-bond acceptors (Lipinski definition) is 2. The summed E-state index contributed by atoms with van der Waals surface area (Å²) in [5.74, 6) is -0.0279. The molecule has 15 heavy (non-hydrogen) atoms. The Hall–Kier alpha value is -0.530. The molecule has 0 bridgehead atoms. The third-order valence-corrected chi connectivity index (χ3v) is 2.59. The van der Waals surface area contributed by atoms with Crippen LogP contribution < -0.4 is 0 Å². The maximum atomic E-state index is 11.3. The van der Waals surface area contributed by atoms with Crippen molar-refractivity contribution in [2.24, 2.45) is 0 Å². The van der Waals surface area contributed by atoms with E-state index in [0.29, 0.717) is 6.42 Å². The molecule has 0 unspecified atom stereocenters. The minimum Gasteiger partial charge on any atom is -0.462 e. The largest absolute Gasteiger partial charge is 0.462 e. The minimum atomic E-state index is -0.0279. The predicted octanol–water partition coefficient (Wildman–Crippen LogP) is 4.08. The molecule has 0 fully saturated rings. The molecule has 0 aliphatic carbocycles. The fourth-order valence-corrected chi connectivity index (χ4v) is 1.59. The first-order chi connectivity index (χ1) is 7.24. The zero-order valence-corrected chi connectivity index (χ0v) is 10.6. The monoisotopic (exact) mass is 214 g/mol. The summed E-state index contributed by atoms with van der Waals surface area (Å²) < 4.78 is 5.38. The van der Waals surface area contributed by atoms with Crippen molar-refractivity contribution in [3.8, 4) is 0 Å². The van der Waals surface area contributed by atoms with Crippen molar-refractivity contribution in [2.75, 3.05) is 0 Å². The summed E-state index contributed by atoms with van der Waals surface area (Å²) in [5, 5.41) is 0. The molecule has 0 N–H and O–H groups in total. The number of carbonyl (C=O) groups is 1. The topological polar surface area (TPSA) is 26.3 Å². The Kier molecular flexibility index (Phi) is 9.65. The molecule has 0 rings (SSSR count). The van der Waals surface area contributed by atoms with Crippen molar-refractivity contribution >= 4 is 5.97 Å². The van der Waals surface area contributed by atoms with Crippen molar-refractivity contribution in [2.45, 2.75) is 78.2 Å². The molecule has 0 aromatic carbocycles. The van der Waals surface area contributed by atoms with Crippen molar-refractivity contribution in [1.29, 1.82) is 0 Å². The van der Waals surface area contributed by atoms with Gasteiger partial charge >= 0.3 is 5.97 Å². The van der Waals surface area contributed by atoms with E-state index < -0.39 is 0 Å². The first-order valence-corrected chi connectivity index (χ1v) is 6.44. The quantitative estimate of drug-likeness (QED) is 0.427. The van der Waals surface area contributed by atoms with E-state index in [9.17, 15) is 4.79 Å². The molecule has 0 aromatic rings. The standard InChI is InChI=1S/C13H26O2/c1-4-7-8-9-11-12(6-3)15-13(14)10-5-2/h12H,4-11H2,1-3H3/t12-/m1/s1. The zero-order valence-electron chi connectivity index (χ0n) is 10.6. The molecule has 1 atom stereocenters. The van der Waals surface area contributed by atoms with Crippen LogP contribution in [0.15, 0.2) is 0 Å². The smallest absolute Gasteiger partial charge is 0.306 e. The highest BCUT2D eigenvalue weighted by molar-refractivity contribution is 5.69. The Morgan fingerprint density at radius 3 is 2.33 bits per heavy atom. The van der Waals surface area contributed by atoms with Gasteiger partial charge in [-0.05, 0) is 25.7 Å². The van der Waals surface area contributed by atoms with Crippen LogP contribution in [-0.2, 0) is 9.53 Å². The van der Waals surface area contributed by atoms with E-state index in [2.05, 4.69) is 13.8 Å². The number of ether oxygens (including phenoxy) is 1. The summed E-state index contributed by atoms with van der Waals surface area (Å²) >= 11 is 0. The lowest BCUT2D eigenvalue weighted by Gasteiger charge is -2.15. The SMILES string of the molecule is CCCCCC[C@@H](CC)OC(=O)CCC. The molecule has 0 saturated heterocycles. The van der Waals surface area contributed by atoms with Crippen LogP contribution in [0.5, 0.6) is 0 Å². The fourth-order valence-electron chi connectivity index (χ4n) is 1.59. The molecule has 0 saturated carbocycles. The normalized spacial score (nSPS) is 12.5. The fraction of sp³-hybridized carbons (Fsp3) is 0.923. The molecular formula is C13H26O2. The van der Waals surface area contributed by atoms with Crippen molar-refractivity contribution in [1.82, 2.24) is 0 Å². The second-order valence-electron chi connectivity index (χ2n) is 4.12. The lowest BCUT2D eigenvalue weighted by atomic mass is 10.1. The van der Waals surface area contributed by atoms with E-state index in [0.717, 1.165) is 19.3 Å². The van der Waals surface area contributed by atoms with Gasteiger partial charge in [-0.2, -0.15) is 0 Å². The first kappa shape index (κ1) is 14.5. The van der Waals surface area contributed by atoms with Crippen LogP contribution >= 0.6 is 0 Å². The highest BCUT2D eigenvalue weighted by Crippen LogP contribution is 2.12. The van der Waals surface area contributed by atoms with Gasteiger partial charge in [-0.15, -0.1) is 0 Å². The number of unbranched alkanes of at least 4 members (excludes halogenated alkanes) is 3. The summed E-state index contributed by atoms with van der Waals surface area (Å²) in [6.07, 6.45) is 8.57. The Morgan fingerprint density at radius 2 is 1.80 bits per heavy atom. The summed E-state index contributed by atoms with van der Waals surface area (Å²) in [6, 6.07) is 0. The van der Waals surface area contributed by atoms with E-state index in [1.54, 1.807) is 0 Å². The predicted molar refractivity (Wildman–Crippen MR) is 63.8 cm³/mol. The van der Waals surface area contributed by atoms with Crippen molar-refractivity contribution in [3.05, 3.63) is 0 Å². The Bertz CT molecular complexity index is 155. The maximum absolute atomic E-state index is 11.3. The second kappa shape index (κ2) is 10.0. The third-order valence-electron chi connectivity index (χ3n) is 2.59. The van der Waals surface area contributed by atoms with Crippen LogP contribution in [0.3, 0.4) is 0 Å². The average Bonchev–Trinajstić information content (AvgIpc) is 2.23. The van der Waals surface area contributed by atoms with Gasteiger partial charge in [0, 0.05) is 6.42 Å². The molecule has 0 aromatic heterocycles. The number of esters is 1. The highest BCUT2D eigenvalue weighted by atomic mass is 16.5. The van der Waals surface area contributed by atoms with Crippen LogP contribution in [0.25, 0.3) is 0 Å². The number of rotatable bonds is 9. The Balaban J connectivity index is 3.58. The molecule has 0 heterocycles. The molecule has 2 nitrogen and oxygen atoms in total. The van der Waals surface area contributed by atoms with Crippen molar-refractivity contribution in [3.63, 3.8) is 0 Å². The van der Waals surface area contributed by atoms with Crippen LogP contribution in [0.1, 0.15) is 72.1 Å². The van der Waals surface area contributed by atoms with Gasteiger partial charge in [0.05, 0.1) is 0 Å². The van der Waals surface area contributed by atoms with E-state index >= 15 is 0 Å². The average molecular weight is 214 g/mol. The summed E-state index contributed by atoms with van der Waals surface area (Å²) in [6.45, 7) is 6.30. The summed E-state index contributed by atoms with van der Waals surface area (Å²) in [5.41, 5.74) is 0. The van der Waals surface area contributed by atoms with E-state index in [-0.39, 0.29) is 12.1 Å². The molecule has 0 spiro atoms. The van der Waals surface area contributed by atoms with Crippen LogP contribution in [0, 0.1) is 0 Å². The molecule has 0 amide bonds. The molecular weight excluding hydrogens is 188 g/mol. The van der Waals surface area contributed by atoms with Gasteiger partial charge in [0.1, 0.15) is 6.10 Å². The van der Waals surface area contributed by atoms with Gasteiger partial charge in [-0.1, -0.05) is 40.0 Å². The maximum Gasteiger partial charge on any atom is 0.306 e.